The normalized spacial score (nSPS) is 15.4. The van der Waals surface area contributed by atoms with Crippen molar-refractivity contribution in [2.75, 3.05) is 25.0 Å². The van der Waals surface area contributed by atoms with Crippen LogP contribution in [0.2, 0.25) is 0 Å². The molecule has 1 saturated heterocycles. The zero-order valence-electron chi connectivity index (χ0n) is 14.1. The van der Waals surface area contributed by atoms with E-state index in [9.17, 15) is 14.9 Å². The van der Waals surface area contributed by atoms with Gasteiger partial charge in [-0.25, -0.2) is 0 Å². The van der Waals surface area contributed by atoms with E-state index in [0.717, 1.165) is 11.4 Å². The fourth-order valence-electron chi connectivity index (χ4n) is 2.61. The number of carboxylic acid groups (broad SMARTS) is 1. The van der Waals surface area contributed by atoms with Gasteiger partial charge in [0.25, 0.3) is 5.91 Å². The van der Waals surface area contributed by atoms with Gasteiger partial charge in [-0.3, -0.25) is 9.59 Å². The topological polar surface area (TPSA) is 103 Å². The van der Waals surface area contributed by atoms with Gasteiger partial charge in [-0.15, -0.1) is 0 Å². The highest BCUT2D eigenvalue weighted by Crippen LogP contribution is 2.19. The molecule has 0 unspecified atom stereocenters. The lowest BCUT2D eigenvalue weighted by molar-refractivity contribution is -0.145. The molecule has 0 aromatic heterocycles. The largest absolute Gasteiger partial charge is 0.494 e. The number of nitrogens with zero attached hydrogens (tertiary/aromatic N) is 2. The molecule has 25 heavy (non-hydrogen) atoms. The van der Waals surface area contributed by atoms with Crippen LogP contribution in [0.3, 0.4) is 0 Å². The van der Waals surface area contributed by atoms with E-state index in [1.54, 1.807) is 24.3 Å². The second kappa shape index (κ2) is 8.73. The Morgan fingerprint density at radius 2 is 2.00 bits per heavy atom. The maximum atomic E-state index is 12.4. The highest BCUT2D eigenvalue weighted by Gasteiger charge is 2.28. The van der Waals surface area contributed by atoms with Gasteiger partial charge in [0.2, 0.25) is 0 Å². The van der Waals surface area contributed by atoms with Gasteiger partial charge in [0.05, 0.1) is 12.5 Å². The number of nitrogens with one attached hydrogen (secondary N) is 1. The highest BCUT2D eigenvalue weighted by molar-refractivity contribution is 5.97. The molecule has 7 nitrogen and oxygen atoms in total. The number of hydrogen-bond acceptors (Lipinski definition) is 5. The van der Waals surface area contributed by atoms with Crippen LogP contribution in [-0.4, -0.2) is 41.6 Å². The Balaban J connectivity index is 1.96. The molecule has 0 radical (unpaired) electrons. The van der Waals surface area contributed by atoms with Gasteiger partial charge < -0.3 is 20.1 Å². The lowest BCUT2D eigenvalue weighted by atomic mass is 9.97. The average molecular weight is 343 g/mol. The molecular formula is C18H21N3O4. The number of hydrogen-bond donors (Lipinski definition) is 2. The number of rotatable bonds is 6. The summed E-state index contributed by atoms with van der Waals surface area (Å²) in [5.41, 5.74) is 0.719. The van der Waals surface area contributed by atoms with E-state index in [0.29, 0.717) is 32.5 Å². The summed E-state index contributed by atoms with van der Waals surface area (Å²) in [6.45, 7) is 3.17. The second-order valence-corrected chi connectivity index (χ2v) is 5.68. The van der Waals surface area contributed by atoms with Crippen molar-refractivity contribution in [2.24, 2.45) is 5.92 Å². The summed E-state index contributed by atoms with van der Waals surface area (Å²) in [5.74, 6) is -0.888. The number of amides is 1. The SMILES string of the molecule is CCOc1ccc(N/C=C(/C#N)C(=O)N2CCC(C(=O)O)CC2)cc1. The maximum Gasteiger partial charge on any atom is 0.306 e. The Hall–Kier alpha value is -3.01. The van der Waals surface area contributed by atoms with E-state index in [4.69, 9.17) is 9.84 Å². The number of benzene rings is 1. The Bertz CT molecular complexity index is 683. The molecule has 1 aliphatic rings. The first-order valence-corrected chi connectivity index (χ1v) is 8.17. The van der Waals surface area contributed by atoms with Crippen LogP contribution in [0.5, 0.6) is 5.75 Å². The van der Waals surface area contributed by atoms with E-state index < -0.39 is 11.9 Å². The fraction of sp³-hybridized carbons (Fsp3) is 0.389. The van der Waals surface area contributed by atoms with Gasteiger partial charge in [0.1, 0.15) is 17.4 Å². The third-order valence-electron chi connectivity index (χ3n) is 4.03. The molecule has 0 spiro atoms. The number of ether oxygens (including phenoxy) is 1. The molecule has 0 saturated carbocycles. The van der Waals surface area contributed by atoms with Crippen LogP contribution in [0.1, 0.15) is 19.8 Å². The summed E-state index contributed by atoms with van der Waals surface area (Å²) in [5, 5.41) is 21.2. The van der Waals surface area contributed by atoms with Crippen molar-refractivity contribution in [1.29, 1.82) is 5.26 Å². The van der Waals surface area contributed by atoms with Gasteiger partial charge in [-0.05, 0) is 44.0 Å². The summed E-state index contributed by atoms with van der Waals surface area (Å²) in [7, 11) is 0. The average Bonchev–Trinajstić information content (AvgIpc) is 2.63. The van der Waals surface area contributed by atoms with Gasteiger partial charge >= 0.3 is 5.97 Å². The molecule has 0 atom stereocenters. The van der Waals surface area contributed by atoms with Crippen LogP contribution >= 0.6 is 0 Å². The summed E-state index contributed by atoms with van der Waals surface area (Å²) < 4.78 is 5.35. The Morgan fingerprint density at radius 1 is 1.36 bits per heavy atom. The van der Waals surface area contributed by atoms with Gasteiger partial charge in [0, 0.05) is 25.0 Å². The molecule has 1 fully saturated rings. The number of carbonyl (C=O) groups excluding carboxylic acids is 1. The highest BCUT2D eigenvalue weighted by atomic mass is 16.5. The van der Waals surface area contributed by atoms with Gasteiger partial charge in [-0.2, -0.15) is 5.26 Å². The van der Waals surface area contributed by atoms with Gasteiger partial charge in [-0.1, -0.05) is 0 Å². The number of anilines is 1. The van der Waals surface area contributed by atoms with Crippen LogP contribution in [-0.2, 0) is 9.59 Å². The zero-order valence-corrected chi connectivity index (χ0v) is 14.1. The van der Waals surface area contributed by atoms with Crippen LogP contribution in [0.15, 0.2) is 36.0 Å². The van der Waals surface area contributed by atoms with Gasteiger partial charge in [0.15, 0.2) is 0 Å². The molecule has 0 aliphatic carbocycles. The molecule has 1 aromatic carbocycles. The first kappa shape index (κ1) is 18.3. The third kappa shape index (κ3) is 4.98. The number of likely N-dealkylation sites (tertiary alicyclic amines) is 1. The third-order valence-corrected chi connectivity index (χ3v) is 4.03. The molecule has 2 N–H and O–H groups in total. The van der Waals surface area contributed by atoms with Crippen molar-refractivity contribution < 1.29 is 19.4 Å². The van der Waals surface area contributed by atoms with Crippen LogP contribution in [0, 0.1) is 17.2 Å². The predicted molar refractivity (Wildman–Crippen MR) is 91.9 cm³/mol. The van der Waals surface area contributed by atoms with E-state index in [-0.39, 0.29) is 11.5 Å². The molecule has 1 amide bonds. The lowest BCUT2D eigenvalue weighted by Crippen LogP contribution is -2.40. The smallest absolute Gasteiger partial charge is 0.306 e. The van der Waals surface area contributed by atoms with Crippen molar-refractivity contribution in [2.45, 2.75) is 19.8 Å². The molecule has 1 aliphatic heterocycles. The number of aliphatic carboxylic acids is 1. The van der Waals surface area contributed by atoms with Crippen LogP contribution < -0.4 is 10.1 Å². The maximum absolute atomic E-state index is 12.4. The Morgan fingerprint density at radius 3 is 2.52 bits per heavy atom. The van der Waals surface area contributed by atoms with E-state index >= 15 is 0 Å². The molecule has 0 bridgehead atoms. The zero-order chi connectivity index (χ0) is 18.2. The van der Waals surface area contributed by atoms with Crippen LogP contribution in [0.25, 0.3) is 0 Å². The van der Waals surface area contributed by atoms with Crippen molar-refractivity contribution in [3.05, 3.63) is 36.0 Å². The minimum Gasteiger partial charge on any atom is -0.494 e. The minimum atomic E-state index is -0.833. The second-order valence-electron chi connectivity index (χ2n) is 5.68. The lowest BCUT2D eigenvalue weighted by Gasteiger charge is -2.29. The standard InChI is InChI=1S/C18H21N3O4/c1-2-25-16-5-3-15(4-6-16)20-12-14(11-19)17(22)21-9-7-13(8-10-21)18(23)24/h3-6,12-13,20H,2,7-10H2,1H3,(H,23,24)/b14-12-. The monoisotopic (exact) mass is 343 g/mol. The Kier molecular flexibility index (Phi) is 6.40. The van der Waals surface area contributed by atoms with E-state index in [1.165, 1.54) is 11.1 Å². The van der Waals surface area contributed by atoms with E-state index in [2.05, 4.69) is 5.32 Å². The molecular weight excluding hydrogens is 322 g/mol. The van der Waals surface area contributed by atoms with Crippen molar-refractivity contribution >= 4 is 17.6 Å². The minimum absolute atomic E-state index is 0.0114. The molecule has 1 aromatic rings. The first-order valence-electron chi connectivity index (χ1n) is 8.17. The Labute approximate surface area is 146 Å². The summed E-state index contributed by atoms with van der Waals surface area (Å²) >= 11 is 0. The van der Waals surface area contributed by atoms with Crippen molar-refractivity contribution in [3.63, 3.8) is 0 Å². The predicted octanol–water partition coefficient (Wildman–Crippen LogP) is 2.23. The molecule has 132 valence electrons. The molecule has 1 heterocycles. The number of carbonyl (C=O) groups is 2. The fourth-order valence-corrected chi connectivity index (χ4v) is 2.61. The number of piperidine rings is 1. The summed E-state index contributed by atoms with van der Waals surface area (Å²) in [4.78, 5) is 24.9. The molecule has 2 rings (SSSR count). The van der Waals surface area contributed by atoms with E-state index in [1.807, 2.05) is 13.0 Å². The van der Waals surface area contributed by atoms with Crippen molar-refractivity contribution in [1.82, 2.24) is 4.90 Å². The van der Waals surface area contributed by atoms with Crippen LogP contribution in [0.4, 0.5) is 5.69 Å². The quantitative estimate of drug-likeness (QED) is 0.606. The number of nitriles is 1. The summed E-state index contributed by atoms with van der Waals surface area (Å²) in [6, 6.07) is 9.08. The van der Waals surface area contributed by atoms with Crippen molar-refractivity contribution in [3.8, 4) is 11.8 Å². The number of carboxylic acids is 1. The first-order chi connectivity index (χ1) is 12.0. The molecule has 7 heteroatoms. The summed E-state index contributed by atoms with van der Waals surface area (Å²) in [6.07, 6.45) is 2.19.